The Kier molecular flexibility index (Phi) is 17.5. The Balaban J connectivity index is 1.88. The Bertz CT molecular complexity index is 1240. The lowest BCUT2D eigenvalue weighted by molar-refractivity contribution is -0.308. The van der Waals surface area contributed by atoms with Crippen molar-refractivity contribution in [2.24, 2.45) is 17.6 Å². The molecule has 2 bridgehead atoms. The molecule has 0 aliphatic carbocycles. The molecule has 3 aliphatic rings. The number of aliphatic hydroxyl groups is 7. The van der Waals surface area contributed by atoms with Crippen LogP contribution in [0.3, 0.4) is 0 Å². The second kappa shape index (κ2) is 20.8. The van der Waals surface area contributed by atoms with E-state index in [1.807, 2.05) is 32.1 Å². The summed E-state index contributed by atoms with van der Waals surface area (Å²) in [4.78, 5) is 24.9. The number of rotatable bonds is 4. The van der Waals surface area contributed by atoms with Crippen molar-refractivity contribution in [3.05, 3.63) is 48.6 Å². The highest BCUT2D eigenvalue weighted by Crippen LogP contribution is 2.38. The van der Waals surface area contributed by atoms with Crippen molar-refractivity contribution in [1.29, 1.82) is 0 Å². The lowest BCUT2D eigenvalue weighted by Crippen LogP contribution is -2.61. The molecule has 15 nitrogen and oxygen atoms in total. The number of carboxylic acid groups (broad SMARTS) is 1. The molecule has 2 saturated heterocycles. The first-order valence-electron chi connectivity index (χ1n) is 18.1. The second-order valence-electron chi connectivity index (χ2n) is 14.5. The number of allylic oxidation sites excluding steroid dienone is 7. The molecule has 9 unspecified atom stereocenters. The molecule has 0 saturated carbocycles. The molecule has 52 heavy (non-hydrogen) atoms. The van der Waals surface area contributed by atoms with Crippen molar-refractivity contribution < 1.29 is 69.4 Å². The zero-order valence-electron chi connectivity index (χ0n) is 30.2. The molecule has 10 N–H and O–H groups in total. The van der Waals surface area contributed by atoms with Crippen LogP contribution in [0.1, 0.15) is 78.6 Å². The molecule has 15 heteroatoms. The fourth-order valence-electron chi connectivity index (χ4n) is 6.67. The number of fused-ring (bicyclic) bond motifs is 2. The molecule has 0 aromatic carbocycles. The number of nitrogens with two attached hydrogens (primary N) is 1. The number of aliphatic hydroxyl groups excluding tert-OH is 6. The van der Waals surface area contributed by atoms with Gasteiger partial charge in [0.2, 0.25) is 0 Å². The summed E-state index contributed by atoms with van der Waals surface area (Å²) >= 11 is 0. The summed E-state index contributed by atoms with van der Waals surface area (Å²) in [6.45, 7) is 5.45. The molecule has 3 rings (SSSR count). The number of hydrogen-bond donors (Lipinski definition) is 9. The first kappa shape index (κ1) is 43.9. The van der Waals surface area contributed by atoms with Gasteiger partial charge in [-0.15, -0.1) is 0 Å². The van der Waals surface area contributed by atoms with E-state index in [-0.39, 0.29) is 31.3 Å². The van der Waals surface area contributed by atoms with Crippen LogP contribution in [0.15, 0.2) is 48.6 Å². The van der Waals surface area contributed by atoms with E-state index < -0.39 is 110 Å². The maximum atomic E-state index is 12.6. The number of carboxylic acids is 1. The Morgan fingerprint density at radius 1 is 0.923 bits per heavy atom. The SMILES string of the molecule is CC(C)C1CCC/C=C/C=C/C=C/C=C/C(O[C@@H]2O[C@H](C)[C@@H](O)[C@H](N)[C@H]2O)CC2OC(O)(CC(O)CC(O)C(O)CCC(=O)O1)CC(O)C2C(=O)O. The summed E-state index contributed by atoms with van der Waals surface area (Å²) < 4.78 is 23.2. The molecule has 0 aromatic rings. The lowest BCUT2D eigenvalue weighted by Gasteiger charge is -2.45. The first-order chi connectivity index (χ1) is 24.5. The van der Waals surface area contributed by atoms with E-state index in [0.717, 1.165) is 12.8 Å². The predicted molar refractivity (Wildman–Crippen MR) is 187 cm³/mol. The van der Waals surface area contributed by atoms with Gasteiger partial charge in [0.05, 0.1) is 54.9 Å². The standard InChI is InChI=1S/C37H59NO14/c1-21(2)28-14-12-10-8-6-4-5-7-9-11-13-24(50-36-34(45)32(38)33(44)22(3)49-36)18-29-31(35(46)47)27(42)20-37(48,52-29)19-23(39)17-26(41)25(40)15-16-30(43)51-28/h4-9,11,13,21-29,31-34,36,39-42,44-45,48H,10,12,14-20,38H2,1-3H3,(H,46,47)/b5-4+,8-6+,9-7+,13-11+/t22-,23?,24?,25?,26?,27?,28?,29?,31?,32+,33-,34-,36+,37?/m1/s1. The van der Waals surface area contributed by atoms with E-state index in [0.29, 0.717) is 6.42 Å². The van der Waals surface area contributed by atoms with Crippen LogP contribution in [0.5, 0.6) is 0 Å². The van der Waals surface area contributed by atoms with Crippen molar-refractivity contribution >= 4 is 11.9 Å². The highest BCUT2D eigenvalue weighted by atomic mass is 16.7. The predicted octanol–water partition coefficient (Wildman–Crippen LogP) is 0.714. The third-order valence-corrected chi connectivity index (χ3v) is 9.73. The van der Waals surface area contributed by atoms with Crippen LogP contribution in [0, 0.1) is 11.8 Å². The van der Waals surface area contributed by atoms with Gasteiger partial charge in [-0.05, 0) is 38.5 Å². The number of cyclic esters (lactones) is 1. The lowest BCUT2D eigenvalue weighted by atomic mass is 9.82. The van der Waals surface area contributed by atoms with Crippen molar-refractivity contribution in [2.75, 3.05) is 0 Å². The van der Waals surface area contributed by atoms with Gasteiger partial charge in [-0.3, -0.25) is 9.59 Å². The third-order valence-electron chi connectivity index (χ3n) is 9.73. The van der Waals surface area contributed by atoms with Crippen LogP contribution < -0.4 is 5.73 Å². The number of carbonyl (C=O) groups is 2. The molecular formula is C37H59NO14. The first-order valence-corrected chi connectivity index (χ1v) is 18.1. The molecule has 0 spiro atoms. The van der Waals surface area contributed by atoms with Crippen LogP contribution in [0.4, 0.5) is 0 Å². The van der Waals surface area contributed by atoms with Gasteiger partial charge in [0.1, 0.15) is 18.1 Å². The molecule has 0 amide bonds. The smallest absolute Gasteiger partial charge is 0.311 e. The highest BCUT2D eigenvalue weighted by Gasteiger charge is 2.51. The Hall–Kier alpha value is -2.54. The van der Waals surface area contributed by atoms with Gasteiger partial charge in [-0.25, -0.2) is 0 Å². The molecule has 0 radical (unpaired) electrons. The maximum absolute atomic E-state index is 12.6. The van der Waals surface area contributed by atoms with Gasteiger partial charge < -0.3 is 65.5 Å². The fourth-order valence-corrected chi connectivity index (χ4v) is 6.67. The molecule has 14 atom stereocenters. The molecule has 3 heterocycles. The number of aliphatic carboxylic acids is 1. The summed E-state index contributed by atoms with van der Waals surface area (Å²) in [5.41, 5.74) is 5.99. The van der Waals surface area contributed by atoms with E-state index in [2.05, 4.69) is 0 Å². The van der Waals surface area contributed by atoms with Gasteiger partial charge in [0, 0.05) is 32.1 Å². The maximum Gasteiger partial charge on any atom is 0.311 e. The minimum absolute atomic E-state index is 0.0690. The second-order valence-corrected chi connectivity index (χ2v) is 14.5. The largest absolute Gasteiger partial charge is 0.481 e. The van der Waals surface area contributed by atoms with Gasteiger partial charge in [-0.1, -0.05) is 62.5 Å². The normalized spacial score (nSPS) is 43.5. The van der Waals surface area contributed by atoms with Crippen LogP contribution in [0.2, 0.25) is 0 Å². The molecule has 2 fully saturated rings. The number of esters is 1. The number of ether oxygens (including phenoxy) is 4. The van der Waals surface area contributed by atoms with E-state index in [1.54, 1.807) is 37.3 Å². The third kappa shape index (κ3) is 13.4. The Labute approximate surface area is 305 Å². The summed E-state index contributed by atoms with van der Waals surface area (Å²) in [5.74, 6) is -5.65. The molecule has 296 valence electrons. The Morgan fingerprint density at radius 2 is 1.60 bits per heavy atom. The van der Waals surface area contributed by atoms with E-state index in [1.165, 1.54) is 0 Å². The van der Waals surface area contributed by atoms with Gasteiger partial charge in [0.15, 0.2) is 12.1 Å². The average molecular weight is 742 g/mol. The summed E-state index contributed by atoms with van der Waals surface area (Å²) in [5, 5.41) is 85.4. The monoisotopic (exact) mass is 741 g/mol. The van der Waals surface area contributed by atoms with Gasteiger partial charge in [0.25, 0.3) is 0 Å². The fraction of sp³-hybridized carbons (Fsp3) is 0.730. The van der Waals surface area contributed by atoms with Crippen LogP contribution in [-0.4, -0.2) is 132 Å². The van der Waals surface area contributed by atoms with Crippen molar-refractivity contribution in [1.82, 2.24) is 0 Å². The van der Waals surface area contributed by atoms with Gasteiger partial charge in [-0.2, -0.15) is 0 Å². The van der Waals surface area contributed by atoms with E-state index in [4.69, 9.17) is 24.7 Å². The minimum atomic E-state index is -2.25. The van der Waals surface area contributed by atoms with Crippen LogP contribution in [-0.2, 0) is 28.5 Å². The number of hydrogen-bond acceptors (Lipinski definition) is 14. The topological polar surface area (TPSA) is 259 Å². The summed E-state index contributed by atoms with van der Waals surface area (Å²) in [6, 6.07) is -1.11. The van der Waals surface area contributed by atoms with Gasteiger partial charge >= 0.3 is 11.9 Å². The van der Waals surface area contributed by atoms with Crippen molar-refractivity contribution in [3.8, 4) is 0 Å². The summed E-state index contributed by atoms with van der Waals surface area (Å²) in [6.07, 6.45) is 0.558. The van der Waals surface area contributed by atoms with E-state index >= 15 is 0 Å². The zero-order valence-corrected chi connectivity index (χ0v) is 30.2. The van der Waals surface area contributed by atoms with Crippen molar-refractivity contribution in [2.45, 2.75) is 158 Å². The van der Waals surface area contributed by atoms with E-state index in [9.17, 15) is 50.4 Å². The summed E-state index contributed by atoms with van der Waals surface area (Å²) in [7, 11) is 0. The van der Waals surface area contributed by atoms with Crippen molar-refractivity contribution in [3.63, 3.8) is 0 Å². The van der Waals surface area contributed by atoms with Crippen LogP contribution in [0.25, 0.3) is 0 Å². The quantitative estimate of drug-likeness (QED) is 0.180. The van der Waals surface area contributed by atoms with Crippen LogP contribution >= 0.6 is 0 Å². The number of carbonyl (C=O) groups excluding carboxylic acids is 1. The average Bonchev–Trinajstić information content (AvgIpc) is 3.05. The molecular weight excluding hydrogens is 682 g/mol. The highest BCUT2D eigenvalue weighted by molar-refractivity contribution is 5.71. The zero-order chi connectivity index (χ0) is 38.6. The molecule has 3 aliphatic heterocycles. The molecule has 0 aromatic heterocycles. The Morgan fingerprint density at radius 3 is 2.27 bits per heavy atom. The minimum Gasteiger partial charge on any atom is -0.481 e.